The van der Waals surface area contributed by atoms with Gasteiger partial charge in [0.2, 0.25) is 5.78 Å². The SMILES string of the molecule is CN(c1ccc(Cl)cc1)c1ccc(C(=O)c2ccc(C(=O)c3ccccc3)c(C(=O)O)c2)nc1. The summed E-state index contributed by atoms with van der Waals surface area (Å²) in [4.78, 5) is 43.8. The number of rotatable bonds is 7. The van der Waals surface area contributed by atoms with Crippen LogP contribution in [-0.2, 0) is 0 Å². The quantitative estimate of drug-likeness (QED) is 0.350. The predicted octanol–water partition coefficient (Wildman–Crippen LogP) is 5.66. The molecular weight excluding hydrogens is 452 g/mol. The number of hydrogen-bond acceptors (Lipinski definition) is 5. The number of ketones is 2. The minimum atomic E-state index is -1.29. The number of aromatic nitrogens is 1. The number of halogens is 1. The summed E-state index contributed by atoms with van der Waals surface area (Å²) in [6.45, 7) is 0. The highest BCUT2D eigenvalue weighted by molar-refractivity contribution is 6.30. The lowest BCUT2D eigenvalue weighted by atomic mass is 9.95. The maximum Gasteiger partial charge on any atom is 0.336 e. The molecule has 0 spiro atoms. The molecule has 4 rings (SSSR count). The Labute approximate surface area is 201 Å². The molecular formula is C27H19ClN2O4. The van der Waals surface area contributed by atoms with E-state index in [0.29, 0.717) is 10.6 Å². The van der Waals surface area contributed by atoms with Crippen LogP contribution >= 0.6 is 11.6 Å². The summed E-state index contributed by atoms with van der Waals surface area (Å²) in [6.07, 6.45) is 1.56. The van der Waals surface area contributed by atoms with Crippen molar-refractivity contribution in [2.75, 3.05) is 11.9 Å². The lowest BCUT2D eigenvalue weighted by molar-refractivity contribution is 0.0692. The summed E-state index contributed by atoms with van der Waals surface area (Å²) in [5.41, 5.74) is 2.09. The van der Waals surface area contributed by atoms with Gasteiger partial charge in [-0.15, -0.1) is 0 Å². The number of benzene rings is 3. The van der Waals surface area contributed by atoms with E-state index in [1.807, 2.05) is 24.1 Å². The Kier molecular flexibility index (Phi) is 6.52. The fourth-order valence-electron chi connectivity index (χ4n) is 3.49. The lowest BCUT2D eigenvalue weighted by Crippen LogP contribution is -2.13. The first-order valence-corrected chi connectivity index (χ1v) is 10.7. The van der Waals surface area contributed by atoms with Crippen molar-refractivity contribution in [2.45, 2.75) is 0 Å². The summed E-state index contributed by atoms with van der Waals surface area (Å²) in [5.74, 6) is -2.16. The minimum absolute atomic E-state index is 0.0168. The van der Waals surface area contributed by atoms with Gasteiger partial charge in [0, 0.05) is 34.4 Å². The Hall–Kier alpha value is -4.29. The number of pyridine rings is 1. The number of carboxylic acid groups (broad SMARTS) is 1. The monoisotopic (exact) mass is 470 g/mol. The number of carbonyl (C=O) groups is 3. The Morgan fingerprint density at radius 1 is 0.765 bits per heavy atom. The standard InChI is InChI=1S/C27H19ClN2O4/c1-30(20-10-8-19(28)9-11-20)21-12-14-24(29-16-21)26(32)18-7-13-22(23(15-18)27(33)34)25(31)17-5-3-2-4-6-17/h2-16H,1H3,(H,33,34). The Balaban J connectivity index is 1.60. The normalized spacial score (nSPS) is 10.5. The first-order valence-electron chi connectivity index (χ1n) is 10.3. The Morgan fingerprint density at radius 2 is 1.44 bits per heavy atom. The predicted molar refractivity (Wildman–Crippen MR) is 130 cm³/mol. The summed E-state index contributed by atoms with van der Waals surface area (Å²) in [5, 5.41) is 10.3. The van der Waals surface area contributed by atoms with Gasteiger partial charge in [-0.1, -0.05) is 48.0 Å². The van der Waals surface area contributed by atoms with Crippen molar-refractivity contribution in [3.8, 4) is 0 Å². The maximum absolute atomic E-state index is 13.0. The average Bonchev–Trinajstić information content (AvgIpc) is 2.88. The zero-order chi connectivity index (χ0) is 24.2. The first-order chi connectivity index (χ1) is 16.3. The number of aromatic carboxylic acids is 1. The summed E-state index contributed by atoms with van der Waals surface area (Å²) < 4.78 is 0. The number of hydrogen-bond donors (Lipinski definition) is 1. The fraction of sp³-hybridized carbons (Fsp3) is 0.0370. The molecule has 0 aliphatic rings. The third-order valence-corrected chi connectivity index (χ3v) is 5.63. The van der Waals surface area contributed by atoms with E-state index in [2.05, 4.69) is 4.98 Å². The first kappa shape index (κ1) is 22.9. The maximum atomic E-state index is 13.0. The highest BCUT2D eigenvalue weighted by Crippen LogP contribution is 2.25. The van der Waals surface area contributed by atoms with Crippen LogP contribution in [0.3, 0.4) is 0 Å². The molecule has 6 nitrogen and oxygen atoms in total. The molecule has 1 aromatic heterocycles. The van der Waals surface area contributed by atoms with Crippen LogP contribution in [0.25, 0.3) is 0 Å². The molecule has 0 bridgehead atoms. The molecule has 0 aliphatic carbocycles. The van der Waals surface area contributed by atoms with Crippen molar-refractivity contribution in [1.82, 2.24) is 4.98 Å². The van der Waals surface area contributed by atoms with Crippen LogP contribution in [0.2, 0.25) is 5.02 Å². The van der Waals surface area contributed by atoms with Crippen LogP contribution in [0.15, 0.2) is 91.1 Å². The van der Waals surface area contributed by atoms with Gasteiger partial charge in [-0.25, -0.2) is 4.79 Å². The van der Waals surface area contributed by atoms with Gasteiger partial charge in [0.05, 0.1) is 17.4 Å². The third kappa shape index (κ3) is 4.72. The fourth-order valence-corrected chi connectivity index (χ4v) is 3.61. The summed E-state index contributed by atoms with van der Waals surface area (Å²) in [6, 6.07) is 23.0. The lowest BCUT2D eigenvalue weighted by Gasteiger charge is -2.19. The van der Waals surface area contributed by atoms with Gasteiger partial charge in [0.1, 0.15) is 5.69 Å². The van der Waals surface area contributed by atoms with Crippen LogP contribution in [-0.4, -0.2) is 34.7 Å². The topological polar surface area (TPSA) is 87.6 Å². The number of nitrogens with zero attached hydrogens (tertiary/aromatic N) is 2. The molecule has 34 heavy (non-hydrogen) atoms. The van der Waals surface area contributed by atoms with E-state index < -0.39 is 17.5 Å². The molecule has 0 fully saturated rings. The van der Waals surface area contributed by atoms with Gasteiger partial charge in [0.25, 0.3) is 0 Å². The molecule has 1 heterocycles. The number of anilines is 2. The molecule has 0 atom stereocenters. The summed E-state index contributed by atoms with van der Waals surface area (Å²) in [7, 11) is 1.86. The van der Waals surface area contributed by atoms with Crippen molar-refractivity contribution in [3.05, 3.63) is 124 Å². The molecule has 7 heteroatoms. The molecule has 0 aliphatic heterocycles. The zero-order valence-electron chi connectivity index (χ0n) is 18.1. The average molecular weight is 471 g/mol. The van der Waals surface area contributed by atoms with E-state index >= 15 is 0 Å². The van der Waals surface area contributed by atoms with Gasteiger partial charge in [-0.3, -0.25) is 14.6 Å². The van der Waals surface area contributed by atoms with Gasteiger partial charge in [-0.2, -0.15) is 0 Å². The second-order valence-electron chi connectivity index (χ2n) is 7.53. The molecule has 0 saturated carbocycles. The van der Waals surface area contributed by atoms with Gasteiger partial charge >= 0.3 is 5.97 Å². The van der Waals surface area contributed by atoms with Crippen LogP contribution in [0.1, 0.15) is 42.3 Å². The number of carboxylic acids is 1. The highest BCUT2D eigenvalue weighted by atomic mass is 35.5. The van der Waals surface area contributed by atoms with Gasteiger partial charge in [-0.05, 0) is 48.5 Å². The Bertz CT molecular complexity index is 1370. The van der Waals surface area contributed by atoms with E-state index in [1.54, 1.807) is 60.8 Å². The molecule has 1 N–H and O–H groups in total. The largest absolute Gasteiger partial charge is 0.478 e. The third-order valence-electron chi connectivity index (χ3n) is 5.37. The second-order valence-corrected chi connectivity index (χ2v) is 7.96. The van der Waals surface area contributed by atoms with Gasteiger partial charge in [0.15, 0.2) is 5.78 Å². The van der Waals surface area contributed by atoms with Crippen molar-refractivity contribution >= 4 is 40.5 Å². The van der Waals surface area contributed by atoms with Crippen LogP contribution in [0, 0.1) is 0 Å². The van der Waals surface area contributed by atoms with Crippen LogP contribution in [0.5, 0.6) is 0 Å². The molecule has 168 valence electrons. The van der Waals surface area contributed by atoms with Crippen molar-refractivity contribution < 1.29 is 19.5 Å². The molecule has 3 aromatic carbocycles. The molecule has 0 saturated heterocycles. The van der Waals surface area contributed by atoms with E-state index in [1.165, 1.54) is 18.2 Å². The van der Waals surface area contributed by atoms with Gasteiger partial charge < -0.3 is 10.0 Å². The molecule has 4 aromatic rings. The molecule has 0 unspecified atom stereocenters. The second kappa shape index (κ2) is 9.68. The number of carbonyl (C=O) groups excluding carboxylic acids is 2. The Morgan fingerprint density at radius 3 is 2.06 bits per heavy atom. The minimum Gasteiger partial charge on any atom is -0.478 e. The van der Waals surface area contributed by atoms with Crippen molar-refractivity contribution in [2.24, 2.45) is 0 Å². The zero-order valence-corrected chi connectivity index (χ0v) is 18.9. The molecule has 0 amide bonds. The van der Waals surface area contributed by atoms with Crippen molar-refractivity contribution in [3.63, 3.8) is 0 Å². The van der Waals surface area contributed by atoms with E-state index in [-0.39, 0.29) is 22.4 Å². The molecule has 0 radical (unpaired) electrons. The van der Waals surface area contributed by atoms with Crippen LogP contribution in [0.4, 0.5) is 11.4 Å². The van der Waals surface area contributed by atoms with Crippen molar-refractivity contribution in [1.29, 1.82) is 0 Å². The summed E-state index contributed by atoms with van der Waals surface area (Å²) >= 11 is 5.94. The van der Waals surface area contributed by atoms with Crippen LogP contribution < -0.4 is 4.90 Å². The highest BCUT2D eigenvalue weighted by Gasteiger charge is 2.21. The smallest absolute Gasteiger partial charge is 0.336 e. The van der Waals surface area contributed by atoms with E-state index in [0.717, 1.165) is 11.4 Å². The van der Waals surface area contributed by atoms with E-state index in [4.69, 9.17) is 11.6 Å². The van der Waals surface area contributed by atoms with E-state index in [9.17, 15) is 19.5 Å².